The molecule has 2 bridgehead atoms. The van der Waals surface area contributed by atoms with E-state index >= 15 is 0 Å². The van der Waals surface area contributed by atoms with Crippen LogP contribution in [0.15, 0.2) is 0 Å². The number of nitrogens with one attached hydrogen (secondary N) is 1. The highest BCUT2D eigenvalue weighted by atomic mass is 35.5. The predicted molar refractivity (Wildman–Crippen MR) is 79.1 cm³/mol. The zero-order chi connectivity index (χ0) is 12.9. The van der Waals surface area contributed by atoms with Crippen molar-refractivity contribution in [2.24, 2.45) is 34.8 Å². The van der Waals surface area contributed by atoms with E-state index in [9.17, 15) is 4.79 Å². The molecule has 0 saturated heterocycles. The number of halogens is 1. The van der Waals surface area contributed by atoms with E-state index in [0.717, 1.165) is 6.54 Å². The highest BCUT2D eigenvalue weighted by Gasteiger charge is 2.50. The van der Waals surface area contributed by atoms with E-state index < -0.39 is 0 Å². The molecule has 0 aliphatic heterocycles. The topological polar surface area (TPSA) is 55.1 Å². The molecule has 4 atom stereocenters. The van der Waals surface area contributed by atoms with Gasteiger partial charge in [-0.2, -0.15) is 0 Å². The molecule has 0 aromatic heterocycles. The molecule has 3 aliphatic carbocycles. The largest absolute Gasteiger partial charge is 0.355 e. The first-order chi connectivity index (χ1) is 8.53. The zero-order valence-electron chi connectivity index (χ0n) is 12.0. The Hall–Kier alpha value is -0.280. The van der Waals surface area contributed by atoms with Crippen molar-refractivity contribution in [1.82, 2.24) is 5.32 Å². The SMILES string of the molecule is CC(C)C1(CNC(=O)C2C3CCC(C3)C2N)CC1.Cl. The van der Waals surface area contributed by atoms with Gasteiger partial charge in [-0.15, -0.1) is 12.4 Å². The molecule has 3 aliphatic rings. The smallest absolute Gasteiger partial charge is 0.224 e. The Morgan fingerprint density at radius 1 is 1.32 bits per heavy atom. The van der Waals surface area contributed by atoms with Crippen molar-refractivity contribution in [1.29, 1.82) is 0 Å². The van der Waals surface area contributed by atoms with Crippen molar-refractivity contribution in [3.63, 3.8) is 0 Å². The molecule has 3 rings (SSSR count). The van der Waals surface area contributed by atoms with E-state index in [-0.39, 0.29) is 30.3 Å². The lowest BCUT2D eigenvalue weighted by Crippen LogP contribution is -2.46. The summed E-state index contributed by atoms with van der Waals surface area (Å²) >= 11 is 0. The van der Waals surface area contributed by atoms with Crippen molar-refractivity contribution in [2.75, 3.05) is 6.54 Å². The maximum Gasteiger partial charge on any atom is 0.224 e. The number of carbonyl (C=O) groups is 1. The molecule has 4 heteroatoms. The van der Waals surface area contributed by atoms with Crippen LogP contribution in [0.5, 0.6) is 0 Å². The van der Waals surface area contributed by atoms with E-state index in [0.29, 0.717) is 23.2 Å². The van der Waals surface area contributed by atoms with Gasteiger partial charge in [0.15, 0.2) is 0 Å². The zero-order valence-corrected chi connectivity index (χ0v) is 12.8. The number of hydrogen-bond donors (Lipinski definition) is 2. The Kier molecular flexibility index (Phi) is 4.18. The molecule has 0 spiro atoms. The Morgan fingerprint density at radius 2 is 1.95 bits per heavy atom. The van der Waals surface area contributed by atoms with Gasteiger partial charge < -0.3 is 11.1 Å². The van der Waals surface area contributed by atoms with Gasteiger partial charge in [-0.05, 0) is 55.3 Å². The second kappa shape index (κ2) is 5.25. The molecule has 0 heterocycles. The Balaban J connectivity index is 0.00000133. The van der Waals surface area contributed by atoms with Crippen molar-refractivity contribution in [2.45, 2.75) is 52.0 Å². The fraction of sp³-hybridized carbons (Fsp3) is 0.933. The van der Waals surface area contributed by atoms with Gasteiger partial charge in [0.1, 0.15) is 0 Å². The Labute approximate surface area is 122 Å². The molecule has 4 unspecified atom stereocenters. The first-order valence-electron chi connectivity index (χ1n) is 7.57. The van der Waals surface area contributed by atoms with Crippen molar-refractivity contribution >= 4 is 18.3 Å². The Bertz CT molecular complexity index is 352. The summed E-state index contributed by atoms with van der Waals surface area (Å²) in [4.78, 5) is 12.4. The summed E-state index contributed by atoms with van der Waals surface area (Å²) in [5.41, 5.74) is 6.62. The van der Waals surface area contributed by atoms with Gasteiger partial charge in [-0.1, -0.05) is 13.8 Å². The molecule has 3 fully saturated rings. The first-order valence-corrected chi connectivity index (χ1v) is 7.57. The summed E-state index contributed by atoms with van der Waals surface area (Å²) in [6.45, 7) is 5.40. The van der Waals surface area contributed by atoms with Crippen molar-refractivity contribution in [3.8, 4) is 0 Å². The molecule has 3 nitrogen and oxygen atoms in total. The van der Waals surface area contributed by atoms with Crippen LogP contribution >= 0.6 is 12.4 Å². The molecule has 19 heavy (non-hydrogen) atoms. The van der Waals surface area contributed by atoms with Crippen LogP contribution in [-0.4, -0.2) is 18.5 Å². The number of nitrogens with two attached hydrogens (primary N) is 1. The van der Waals surface area contributed by atoms with Crippen LogP contribution in [0.1, 0.15) is 46.0 Å². The maximum absolute atomic E-state index is 12.4. The van der Waals surface area contributed by atoms with Crippen LogP contribution < -0.4 is 11.1 Å². The van der Waals surface area contributed by atoms with Gasteiger partial charge in [0.25, 0.3) is 0 Å². The number of fused-ring (bicyclic) bond motifs is 2. The minimum Gasteiger partial charge on any atom is -0.355 e. The quantitative estimate of drug-likeness (QED) is 0.833. The van der Waals surface area contributed by atoms with Crippen LogP contribution in [0.3, 0.4) is 0 Å². The van der Waals surface area contributed by atoms with E-state index in [2.05, 4.69) is 19.2 Å². The lowest BCUT2D eigenvalue weighted by Gasteiger charge is -2.28. The summed E-state index contributed by atoms with van der Waals surface area (Å²) in [5.74, 6) is 2.20. The maximum atomic E-state index is 12.4. The van der Waals surface area contributed by atoms with Crippen LogP contribution in [0, 0.1) is 29.1 Å². The number of hydrogen-bond acceptors (Lipinski definition) is 2. The lowest BCUT2D eigenvalue weighted by atomic mass is 9.84. The Morgan fingerprint density at radius 3 is 2.42 bits per heavy atom. The van der Waals surface area contributed by atoms with E-state index in [1.54, 1.807) is 0 Å². The average molecular weight is 287 g/mol. The molecular formula is C15H27ClN2O. The third-order valence-corrected chi connectivity index (χ3v) is 6.02. The number of carbonyl (C=O) groups excluding carboxylic acids is 1. The molecule has 0 aromatic rings. The summed E-state index contributed by atoms with van der Waals surface area (Å²) in [7, 11) is 0. The second-order valence-corrected chi connectivity index (χ2v) is 7.17. The molecule has 0 aromatic carbocycles. The van der Waals surface area contributed by atoms with Gasteiger partial charge in [-0.3, -0.25) is 4.79 Å². The number of amides is 1. The second-order valence-electron chi connectivity index (χ2n) is 7.17. The minimum absolute atomic E-state index is 0. The van der Waals surface area contributed by atoms with Gasteiger partial charge >= 0.3 is 0 Å². The van der Waals surface area contributed by atoms with Crippen molar-refractivity contribution < 1.29 is 4.79 Å². The molecular weight excluding hydrogens is 260 g/mol. The highest BCUT2D eigenvalue weighted by molar-refractivity contribution is 5.85. The summed E-state index contributed by atoms with van der Waals surface area (Å²) in [5, 5.41) is 3.21. The lowest BCUT2D eigenvalue weighted by molar-refractivity contribution is -0.127. The van der Waals surface area contributed by atoms with Crippen LogP contribution in [0.25, 0.3) is 0 Å². The third kappa shape index (κ3) is 2.52. The molecule has 1 amide bonds. The van der Waals surface area contributed by atoms with Gasteiger partial charge in [0.2, 0.25) is 5.91 Å². The van der Waals surface area contributed by atoms with E-state index in [4.69, 9.17) is 5.73 Å². The fourth-order valence-corrected chi connectivity index (χ4v) is 4.22. The molecule has 110 valence electrons. The summed E-state index contributed by atoms with van der Waals surface area (Å²) in [6, 6.07) is 0.123. The predicted octanol–water partition coefficient (Wildman–Crippen LogP) is 2.33. The van der Waals surface area contributed by atoms with Crippen LogP contribution in [0.2, 0.25) is 0 Å². The van der Waals surface area contributed by atoms with Crippen LogP contribution in [-0.2, 0) is 4.79 Å². The normalized spacial score (nSPS) is 38.1. The fourth-order valence-electron chi connectivity index (χ4n) is 4.22. The number of rotatable bonds is 4. The van der Waals surface area contributed by atoms with Gasteiger partial charge in [-0.25, -0.2) is 0 Å². The average Bonchev–Trinajstić information content (AvgIpc) is 2.89. The molecule has 3 N–H and O–H groups in total. The van der Waals surface area contributed by atoms with Gasteiger partial charge in [0.05, 0.1) is 5.92 Å². The molecule has 3 saturated carbocycles. The summed E-state index contributed by atoms with van der Waals surface area (Å²) < 4.78 is 0. The summed E-state index contributed by atoms with van der Waals surface area (Å²) in [6.07, 6.45) is 6.19. The van der Waals surface area contributed by atoms with E-state index in [1.807, 2.05) is 0 Å². The highest BCUT2D eigenvalue weighted by Crippen LogP contribution is 2.52. The third-order valence-electron chi connectivity index (χ3n) is 6.02. The first kappa shape index (κ1) is 15.1. The molecule has 0 radical (unpaired) electrons. The minimum atomic E-state index is 0. The van der Waals surface area contributed by atoms with Gasteiger partial charge in [0, 0.05) is 12.6 Å². The van der Waals surface area contributed by atoms with E-state index in [1.165, 1.54) is 32.1 Å². The van der Waals surface area contributed by atoms with Crippen LogP contribution in [0.4, 0.5) is 0 Å². The standard InChI is InChI=1S/C15H26N2O.ClH/c1-9(2)15(5-6-15)8-17-14(18)12-10-3-4-11(7-10)13(12)16;/h9-13H,3-8,16H2,1-2H3,(H,17,18);1H. The van der Waals surface area contributed by atoms with Crippen molar-refractivity contribution in [3.05, 3.63) is 0 Å². The monoisotopic (exact) mass is 286 g/mol.